The summed E-state index contributed by atoms with van der Waals surface area (Å²) in [7, 11) is 1.65. The SMILES string of the molecule is COc1cccc(C(CNC(=O)c2ccccc2Cl)N2CCOCC2)c1. The van der Waals surface area contributed by atoms with Crippen molar-refractivity contribution >= 4 is 17.5 Å². The zero-order valence-electron chi connectivity index (χ0n) is 14.8. The van der Waals surface area contributed by atoms with Crippen LogP contribution in [0, 0.1) is 0 Å². The second kappa shape index (κ2) is 9.03. The molecule has 0 radical (unpaired) electrons. The maximum atomic E-state index is 12.5. The third kappa shape index (κ3) is 4.55. The van der Waals surface area contributed by atoms with Crippen molar-refractivity contribution in [1.29, 1.82) is 0 Å². The Kier molecular flexibility index (Phi) is 6.50. The van der Waals surface area contributed by atoms with Gasteiger partial charge in [-0.2, -0.15) is 0 Å². The van der Waals surface area contributed by atoms with Crippen molar-refractivity contribution in [2.24, 2.45) is 0 Å². The first-order valence-corrected chi connectivity index (χ1v) is 9.05. The molecule has 2 aromatic rings. The van der Waals surface area contributed by atoms with E-state index in [-0.39, 0.29) is 11.9 Å². The first kappa shape index (κ1) is 18.7. The van der Waals surface area contributed by atoms with E-state index in [1.807, 2.05) is 30.3 Å². The highest BCUT2D eigenvalue weighted by Crippen LogP contribution is 2.25. The fraction of sp³-hybridized carbons (Fsp3) is 0.350. The molecule has 1 unspecified atom stereocenters. The van der Waals surface area contributed by atoms with Crippen LogP contribution in [0.15, 0.2) is 48.5 Å². The zero-order chi connectivity index (χ0) is 18.4. The Morgan fingerprint density at radius 3 is 2.73 bits per heavy atom. The Bertz CT molecular complexity index is 747. The standard InChI is InChI=1S/C20H23ClN2O3/c1-25-16-6-4-5-15(13-16)19(23-9-11-26-12-10-23)14-22-20(24)17-7-2-3-8-18(17)21/h2-8,13,19H,9-12,14H2,1H3,(H,22,24). The highest BCUT2D eigenvalue weighted by atomic mass is 35.5. The van der Waals surface area contributed by atoms with Crippen LogP contribution in [0.1, 0.15) is 22.0 Å². The topological polar surface area (TPSA) is 50.8 Å². The smallest absolute Gasteiger partial charge is 0.252 e. The number of carbonyl (C=O) groups excluding carboxylic acids is 1. The van der Waals surface area contributed by atoms with Crippen molar-refractivity contribution in [3.63, 3.8) is 0 Å². The minimum absolute atomic E-state index is 0.0421. The van der Waals surface area contributed by atoms with Crippen molar-refractivity contribution in [2.45, 2.75) is 6.04 Å². The first-order chi connectivity index (χ1) is 12.7. The van der Waals surface area contributed by atoms with Gasteiger partial charge in [0.15, 0.2) is 0 Å². The van der Waals surface area contributed by atoms with E-state index in [1.165, 1.54) is 0 Å². The van der Waals surface area contributed by atoms with Crippen molar-refractivity contribution in [1.82, 2.24) is 10.2 Å². The van der Waals surface area contributed by atoms with Gasteiger partial charge >= 0.3 is 0 Å². The van der Waals surface area contributed by atoms with Crippen molar-refractivity contribution in [3.05, 3.63) is 64.7 Å². The Balaban J connectivity index is 1.77. The summed E-state index contributed by atoms with van der Waals surface area (Å²) in [6.45, 7) is 3.52. The van der Waals surface area contributed by atoms with E-state index >= 15 is 0 Å². The van der Waals surface area contributed by atoms with Crippen LogP contribution in [-0.4, -0.2) is 50.8 Å². The quantitative estimate of drug-likeness (QED) is 0.843. The van der Waals surface area contributed by atoms with E-state index in [0.717, 1.165) is 24.4 Å². The Morgan fingerprint density at radius 1 is 1.23 bits per heavy atom. The molecule has 1 aliphatic heterocycles. The summed E-state index contributed by atoms with van der Waals surface area (Å²) in [6.07, 6.45) is 0. The maximum absolute atomic E-state index is 12.5. The van der Waals surface area contributed by atoms with Gasteiger partial charge in [-0.1, -0.05) is 35.9 Å². The molecular formula is C20H23ClN2O3. The summed E-state index contributed by atoms with van der Waals surface area (Å²) >= 11 is 6.14. The summed E-state index contributed by atoms with van der Waals surface area (Å²) in [6, 6.07) is 15.1. The minimum Gasteiger partial charge on any atom is -0.497 e. The van der Waals surface area contributed by atoms with Gasteiger partial charge in [0.2, 0.25) is 0 Å². The second-order valence-electron chi connectivity index (χ2n) is 6.13. The maximum Gasteiger partial charge on any atom is 0.252 e. The van der Waals surface area contributed by atoms with E-state index in [1.54, 1.807) is 19.2 Å². The minimum atomic E-state index is -0.170. The lowest BCUT2D eigenvalue weighted by molar-refractivity contribution is 0.0162. The van der Waals surface area contributed by atoms with Crippen LogP contribution in [0.4, 0.5) is 0 Å². The predicted octanol–water partition coefficient (Wildman–Crippen LogP) is 3.15. The Morgan fingerprint density at radius 2 is 2.00 bits per heavy atom. The number of ether oxygens (including phenoxy) is 2. The molecule has 1 saturated heterocycles. The fourth-order valence-corrected chi connectivity index (χ4v) is 3.35. The van der Waals surface area contributed by atoms with Crippen LogP contribution in [0.2, 0.25) is 5.02 Å². The summed E-state index contributed by atoms with van der Waals surface area (Å²) in [5.74, 6) is 0.634. The average Bonchev–Trinajstić information content (AvgIpc) is 2.69. The van der Waals surface area contributed by atoms with Crippen LogP contribution in [0.3, 0.4) is 0 Å². The second-order valence-corrected chi connectivity index (χ2v) is 6.54. The van der Waals surface area contributed by atoms with Crippen LogP contribution < -0.4 is 10.1 Å². The number of amides is 1. The lowest BCUT2D eigenvalue weighted by Gasteiger charge is -2.35. The molecule has 6 heteroatoms. The third-order valence-corrected chi connectivity index (χ3v) is 4.87. The molecule has 0 spiro atoms. The van der Waals surface area contributed by atoms with Gasteiger partial charge in [-0.15, -0.1) is 0 Å². The van der Waals surface area contributed by atoms with Gasteiger partial charge in [0.25, 0.3) is 5.91 Å². The van der Waals surface area contributed by atoms with Gasteiger partial charge in [0.1, 0.15) is 5.75 Å². The van der Waals surface area contributed by atoms with Crippen molar-refractivity contribution in [2.75, 3.05) is 40.0 Å². The fourth-order valence-electron chi connectivity index (χ4n) is 3.13. The van der Waals surface area contributed by atoms with Gasteiger partial charge in [0.05, 0.1) is 37.0 Å². The normalized spacial score (nSPS) is 16.1. The molecule has 5 nitrogen and oxygen atoms in total. The molecule has 1 atom stereocenters. The summed E-state index contributed by atoms with van der Waals surface area (Å²) in [4.78, 5) is 14.9. The van der Waals surface area contributed by atoms with Gasteiger partial charge in [-0.3, -0.25) is 9.69 Å². The van der Waals surface area contributed by atoms with Crippen molar-refractivity contribution < 1.29 is 14.3 Å². The molecule has 2 aromatic carbocycles. The van der Waals surface area contributed by atoms with Gasteiger partial charge in [0, 0.05) is 19.6 Å². The number of nitrogens with one attached hydrogen (secondary N) is 1. The highest BCUT2D eigenvalue weighted by molar-refractivity contribution is 6.33. The van der Waals surface area contributed by atoms with E-state index in [2.05, 4.69) is 16.3 Å². The molecule has 1 heterocycles. The number of morpholine rings is 1. The van der Waals surface area contributed by atoms with E-state index in [4.69, 9.17) is 21.1 Å². The lowest BCUT2D eigenvalue weighted by Crippen LogP contribution is -2.43. The van der Waals surface area contributed by atoms with Crippen LogP contribution in [0.5, 0.6) is 5.75 Å². The highest BCUT2D eigenvalue weighted by Gasteiger charge is 2.24. The number of benzene rings is 2. The number of rotatable bonds is 6. The predicted molar refractivity (Wildman–Crippen MR) is 102 cm³/mol. The molecule has 0 aliphatic carbocycles. The molecule has 1 N–H and O–H groups in total. The number of methoxy groups -OCH3 is 1. The molecule has 0 saturated carbocycles. The number of nitrogens with zero attached hydrogens (tertiary/aromatic N) is 1. The van der Waals surface area contributed by atoms with Crippen LogP contribution in [0.25, 0.3) is 0 Å². The number of carbonyl (C=O) groups is 1. The molecule has 26 heavy (non-hydrogen) atoms. The first-order valence-electron chi connectivity index (χ1n) is 8.67. The number of halogens is 1. The largest absolute Gasteiger partial charge is 0.497 e. The van der Waals surface area contributed by atoms with Gasteiger partial charge in [-0.25, -0.2) is 0 Å². The number of hydrogen-bond acceptors (Lipinski definition) is 4. The molecule has 138 valence electrons. The molecular weight excluding hydrogens is 352 g/mol. The number of hydrogen-bond donors (Lipinski definition) is 1. The van der Waals surface area contributed by atoms with Crippen LogP contribution in [-0.2, 0) is 4.74 Å². The molecule has 1 aliphatic rings. The average molecular weight is 375 g/mol. The van der Waals surface area contributed by atoms with E-state index in [0.29, 0.717) is 30.3 Å². The van der Waals surface area contributed by atoms with E-state index in [9.17, 15) is 4.79 Å². The van der Waals surface area contributed by atoms with E-state index < -0.39 is 0 Å². The zero-order valence-corrected chi connectivity index (χ0v) is 15.5. The van der Waals surface area contributed by atoms with Gasteiger partial charge < -0.3 is 14.8 Å². The van der Waals surface area contributed by atoms with Crippen LogP contribution >= 0.6 is 11.6 Å². The molecule has 1 fully saturated rings. The molecule has 3 rings (SSSR count). The Labute approximate surface area is 158 Å². The third-order valence-electron chi connectivity index (χ3n) is 4.54. The summed E-state index contributed by atoms with van der Waals surface area (Å²) < 4.78 is 10.8. The summed E-state index contributed by atoms with van der Waals surface area (Å²) in [5, 5.41) is 3.48. The van der Waals surface area contributed by atoms with Gasteiger partial charge in [-0.05, 0) is 29.8 Å². The molecule has 0 bridgehead atoms. The lowest BCUT2D eigenvalue weighted by atomic mass is 10.0. The molecule has 0 aromatic heterocycles. The summed E-state index contributed by atoms with van der Waals surface area (Å²) in [5.41, 5.74) is 1.59. The monoisotopic (exact) mass is 374 g/mol. The van der Waals surface area contributed by atoms with Crippen molar-refractivity contribution in [3.8, 4) is 5.75 Å². The Hall–Kier alpha value is -2.08. The molecule has 1 amide bonds.